The zero-order valence-electron chi connectivity index (χ0n) is 18.8. The third kappa shape index (κ3) is 4.57. The van der Waals surface area contributed by atoms with Gasteiger partial charge in [0, 0.05) is 4.47 Å². The van der Waals surface area contributed by atoms with Gasteiger partial charge in [-0.2, -0.15) is 0 Å². The van der Waals surface area contributed by atoms with Crippen molar-refractivity contribution < 1.29 is 14.1 Å². The van der Waals surface area contributed by atoms with Crippen molar-refractivity contribution in [2.75, 3.05) is 0 Å². The maximum atomic E-state index is 13.2. The number of nitrogens with zero attached hydrogens (tertiary/aromatic N) is 2. The second-order valence-electron chi connectivity index (χ2n) is 9.32. The molecule has 1 aliphatic rings. The first-order valence-corrected chi connectivity index (χ1v) is 12.1. The van der Waals surface area contributed by atoms with Gasteiger partial charge in [-0.15, -0.1) is 0 Å². The Hall–Kier alpha value is -2.14. The summed E-state index contributed by atoms with van der Waals surface area (Å²) in [5.41, 5.74) is 3.19. The van der Waals surface area contributed by atoms with Gasteiger partial charge >= 0.3 is 5.97 Å². The lowest BCUT2D eigenvalue weighted by molar-refractivity contribution is -0.634. The van der Waals surface area contributed by atoms with Crippen LogP contribution in [-0.4, -0.2) is 16.6 Å². The highest BCUT2D eigenvalue weighted by Gasteiger charge is 2.34. The van der Waals surface area contributed by atoms with Gasteiger partial charge in [0.15, 0.2) is 17.6 Å². The van der Waals surface area contributed by atoms with Gasteiger partial charge in [0.05, 0.1) is 12.6 Å². The van der Waals surface area contributed by atoms with E-state index in [4.69, 9.17) is 4.74 Å². The fourth-order valence-electron chi connectivity index (χ4n) is 5.11. The van der Waals surface area contributed by atoms with E-state index in [2.05, 4.69) is 77.1 Å². The van der Waals surface area contributed by atoms with Crippen LogP contribution in [0.4, 0.5) is 0 Å². The van der Waals surface area contributed by atoms with Crippen LogP contribution in [0.1, 0.15) is 40.0 Å². The van der Waals surface area contributed by atoms with Crippen molar-refractivity contribution in [2.24, 2.45) is 24.8 Å². The van der Waals surface area contributed by atoms with E-state index >= 15 is 0 Å². The Balaban J connectivity index is 1.68. The van der Waals surface area contributed by atoms with E-state index in [1.165, 1.54) is 6.42 Å². The van der Waals surface area contributed by atoms with Gasteiger partial charge in [-0.25, -0.2) is 13.9 Å². The molecule has 3 atom stereocenters. The molecular formula is C26H32BrN2O2+. The van der Waals surface area contributed by atoms with Gasteiger partial charge in [-0.3, -0.25) is 0 Å². The van der Waals surface area contributed by atoms with Crippen LogP contribution in [0.15, 0.2) is 53.0 Å². The summed E-state index contributed by atoms with van der Waals surface area (Å²) < 4.78 is 11.4. The number of aryl methyl sites for hydroxylation is 1. The second kappa shape index (κ2) is 9.15. The number of carbonyl (C=O) groups excluding carboxylic acids is 1. The number of benzene rings is 2. The molecule has 3 aromatic rings. The molecule has 4 rings (SSSR count). The molecule has 1 saturated carbocycles. The van der Waals surface area contributed by atoms with Crippen LogP contribution in [0, 0.1) is 17.8 Å². The van der Waals surface area contributed by atoms with Gasteiger partial charge in [0.25, 0.3) is 5.82 Å². The number of fused-ring (bicyclic) bond motifs is 1. The molecule has 0 bridgehead atoms. The minimum Gasteiger partial charge on any atom is -0.459 e. The first-order chi connectivity index (χ1) is 14.8. The molecule has 0 unspecified atom stereocenters. The number of halogens is 1. The SMILES string of the molecule is CC(C)[C@@H]1CC[C@@H](C)C[C@H]1OC(=O)Cn1c(-c2cccc(Br)c2)[n+](C)c2ccccc21. The van der Waals surface area contributed by atoms with Gasteiger partial charge in [-0.1, -0.05) is 61.3 Å². The molecule has 31 heavy (non-hydrogen) atoms. The number of imidazole rings is 1. The van der Waals surface area contributed by atoms with Crippen molar-refractivity contribution in [1.29, 1.82) is 0 Å². The number of hydrogen-bond donors (Lipinski definition) is 0. The maximum absolute atomic E-state index is 13.2. The molecule has 0 saturated heterocycles. The number of aromatic nitrogens is 2. The van der Waals surface area contributed by atoms with Crippen molar-refractivity contribution in [3.63, 3.8) is 0 Å². The van der Waals surface area contributed by atoms with E-state index in [0.717, 1.165) is 39.7 Å². The number of hydrogen-bond acceptors (Lipinski definition) is 2. The molecular weight excluding hydrogens is 452 g/mol. The first kappa shape index (κ1) is 22.1. The van der Waals surface area contributed by atoms with E-state index in [1.54, 1.807) is 0 Å². The molecule has 1 fully saturated rings. The van der Waals surface area contributed by atoms with Gasteiger partial charge in [0.1, 0.15) is 6.10 Å². The quantitative estimate of drug-likeness (QED) is 0.334. The average molecular weight is 484 g/mol. The largest absolute Gasteiger partial charge is 0.459 e. The Kier molecular flexibility index (Phi) is 6.52. The minimum absolute atomic E-state index is 0.0150. The van der Waals surface area contributed by atoms with Crippen LogP contribution in [0.3, 0.4) is 0 Å². The summed E-state index contributed by atoms with van der Waals surface area (Å²) in [6.45, 7) is 6.96. The van der Waals surface area contributed by atoms with Gasteiger partial charge < -0.3 is 4.74 Å². The van der Waals surface area contributed by atoms with Gasteiger partial charge in [0.2, 0.25) is 0 Å². The number of para-hydroxylation sites is 2. The first-order valence-electron chi connectivity index (χ1n) is 11.3. The second-order valence-corrected chi connectivity index (χ2v) is 10.2. The van der Waals surface area contributed by atoms with Crippen LogP contribution in [0.5, 0.6) is 0 Å². The third-order valence-corrected chi connectivity index (χ3v) is 7.21. The predicted molar refractivity (Wildman–Crippen MR) is 127 cm³/mol. The molecule has 2 aromatic carbocycles. The molecule has 0 N–H and O–H groups in total. The lowest BCUT2D eigenvalue weighted by atomic mass is 9.75. The van der Waals surface area contributed by atoms with Crippen LogP contribution in [-0.2, 0) is 23.1 Å². The number of rotatable bonds is 5. The van der Waals surface area contributed by atoms with Crippen molar-refractivity contribution in [3.8, 4) is 11.4 Å². The minimum atomic E-state index is -0.151. The molecule has 0 amide bonds. The molecule has 1 aromatic heterocycles. The van der Waals surface area contributed by atoms with E-state index in [9.17, 15) is 4.79 Å². The summed E-state index contributed by atoms with van der Waals surface area (Å²) in [4.78, 5) is 13.2. The van der Waals surface area contributed by atoms with Crippen molar-refractivity contribution in [3.05, 3.63) is 53.0 Å². The number of ether oxygens (including phenoxy) is 1. The molecule has 5 heteroatoms. The number of carbonyl (C=O) groups is 1. The lowest BCUT2D eigenvalue weighted by Gasteiger charge is -2.36. The third-order valence-electron chi connectivity index (χ3n) is 6.72. The Labute approximate surface area is 193 Å². The standard InChI is InChI=1S/C26H32BrN2O2/c1-17(2)21-13-12-18(3)14-24(21)31-25(30)16-29-23-11-6-5-10-22(23)28(4)26(29)19-8-7-9-20(27)15-19/h5-11,15,17-18,21,24H,12-14,16H2,1-4H3/q+1/t18-,21+,24-/m1/s1. The maximum Gasteiger partial charge on any atom is 0.348 e. The molecule has 1 heterocycles. The summed E-state index contributed by atoms with van der Waals surface area (Å²) in [7, 11) is 2.05. The molecule has 0 radical (unpaired) electrons. The fraction of sp³-hybridized carbons (Fsp3) is 0.462. The fourth-order valence-corrected chi connectivity index (χ4v) is 5.51. The Morgan fingerprint density at radius 3 is 2.71 bits per heavy atom. The highest BCUT2D eigenvalue weighted by atomic mass is 79.9. The molecule has 4 nitrogen and oxygen atoms in total. The monoisotopic (exact) mass is 483 g/mol. The highest BCUT2D eigenvalue weighted by Crippen LogP contribution is 2.35. The Morgan fingerprint density at radius 1 is 1.19 bits per heavy atom. The summed E-state index contributed by atoms with van der Waals surface area (Å²) in [6, 6.07) is 16.4. The van der Waals surface area contributed by atoms with Crippen LogP contribution < -0.4 is 4.57 Å². The van der Waals surface area contributed by atoms with Crippen molar-refractivity contribution >= 4 is 32.9 Å². The highest BCUT2D eigenvalue weighted by molar-refractivity contribution is 9.10. The van der Waals surface area contributed by atoms with Crippen LogP contribution in [0.2, 0.25) is 0 Å². The van der Waals surface area contributed by atoms with Crippen molar-refractivity contribution in [2.45, 2.75) is 52.7 Å². The Morgan fingerprint density at radius 2 is 1.97 bits per heavy atom. The van der Waals surface area contributed by atoms with Gasteiger partial charge in [-0.05, 0) is 60.9 Å². The lowest BCUT2D eigenvalue weighted by Crippen LogP contribution is -2.37. The smallest absolute Gasteiger partial charge is 0.348 e. The van der Waals surface area contributed by atoms with E-state index in [-0.39, 0.29) is 18.6 Å². The molecule has 1 aliphatic carbocycles. The summed E-state index contributed by atoms with van der Waals surface area (Å²) in [6.07, 6.45) is 3.35. The van der Waals surface area contributed by atoms with E-state index in [0.29, 0.717) is 17.8 Å². The average Bonchev–Trinajstić information content (AvgIpc) is 2.99. The van der Waals surface area contributed by atoms with Crippen LogP contribution >= 0.6 is 15.9 Å². The van der Waals surface area contributed by atoms with Crippen molar-refractivity contribution in [1.82, 2.24) is 4.57 Å². The predicted octanol–water partition coefficient (Wildman–Crippen LogP) is 5.90. The normalized spacial score (nSPS) is 21.5. The summed E-state index contributed by atoms with van der Waals surface area (Å²) >= 11 is 3.58. The zero-order chi connectivity index (χ0) is 22.1. The molecule has 0 aliphatic heterocycles. The summed E-state index contributed by atoms with van der Waals surface area (Å²) in [5, 5.41) is 0. The zero-order valence-corrected chi connectivity index (χ0v) is 20.4. The number of esters is 1. The van der Waals surface area contributed by atoms with E-state index < -0.39 is 0 Å². The topological polar surface area (TPSA) is 35.1 Å². The van der Waals surface area contributed by atoms with E-state index in [1.807, 2.05) is 24.3 Å². The Bertz CT molecular complexity index is 1090. The molecule has 0 spiro atoms. The van der Waals surface area contributed by atoms with Crippen LogP contribution in [0.25, 0.3) is 22.4 Å². The molecule has 164 valence electrons. The summed E-state index contributed by atoms with van der Waals surface area (Å²) in [5.74, 6) is 2.42.